The highest BCUT2D eigenvalue weighted by Gasteiger charge is 2.42. The summed E-state index contributed by atoms with van der Waals surface area (Å²) in [6, 6.07) is 13.4. The number of imidazole rings is 1. The van der Waals surface area contributed by atoms with E-state index in [4.69, 9.17) is 4.74 Å². The zero-order valence-corrected chi connectivity index (χ0v) is 25.7. The number of halogens is 3. The Morgan fingerprint density at radius 2 is 1.69 bits per heavy atom. The monoisotopic (exact) mass is 688 g/mol. The topological polar surface area (TPSA) is 199 Å². The molecule has 0 spiro atoms. The van der Waals surface area contributed by atoms with E-state index in [0.29, 0.717) is 11.1 Å². The van der Waals surface area contributed by atoms with E-state index in [1.165, 1.54) is 25.3 Å². The van der Waals surface area contributed by atoms with Crippen LogP contribution in [0.2, 0.25) is 0 Å². The minimum Gasteiger partial charge on any atom is -0.467 e. The van der Waals surface area contributed by atoms with Crippen molar-refractivity contribution in [1.82, 2.24) is 30.3 Å². The highest BCUT2D eigenvalue weighted by molar-refractivity contribution is 7.90. The van der Waals surface area contributed by atoms with Crippen molar-refractivity contribution in [2.24, 2.45) is 0 Å². The van der Waals surface area contributed by atoms with E-state index in [0.717, 1.165) is 11.8 Å². The maximum absolute atomic E-state index is 13.3. The summed E-state index contributed by atoms with van der Waals surface area (Å²) in [6.45, 7) is 0. The van der Waals surface area contributed by atoms with Crippen LogP contribution in [0.15, 0.2) is 66.9 Å². The highest BCUT2D eigenvalue weighted by Crippen LogP contribution is 2.31. The second-order valence-corrected chi connectivity index (χ2v) is 12.5. The molecule has 2 aromatic carbocycles. The van der Waals surface area contributed by atoms with Gasteiger partial charge in [-0.3, -0.25) is 9.52 Å². The SMILES string of the molecule is COC(=O)[C@@H](Cc1ccccc1)NC(=O)NC(Cc1ccc(C2CC(=O)NS2(=O)=O)cc1)c1nc2c(OC(=O)C(F)(F)F)nccc2[nH]1. The fourth-order valence-electron chi connectivity index (χ4n) is 5.03. The van der Waals surface area contributed by atoms with Crippen LogP contribution in [0.4, 0.5) is 18.0 Å². The molecule has 252 valence electrons. The number of aromatic amines is 1. The van der Waals surface area contributed by atoms with Crippen LogP contribution < -0.4 is 20.1 Å². The van der Waals surface area contributed by atoms with Crippen LogP contribution in [0.3, 0.4) is 0 Å². The third-order valence-electron chi connectivity index (χ3n) is 7.31. The fourth-order valence-corrected chi connectivity index (χ4v) is 6.45. The molecular weight excluding hydrogens is 661 g/mol. The van der Waals surface area contributed by atoms with Gasteiger partial charge in [-0.1, -0.05) is 54.6 Å². The normalized spacial score (nSPS) is 16.8. The summed E-state index contributed by atoms with van der Waals surface area (Å²) in [5.41, 5.74) is 1.54. The molecule has 0 aliphatic carbocycles. The third kappa shape index (κ3) is 7.88. The van der Waals surface area contributed by atoms with E-state index in [1.807, 2.05) is 4.72 Å². The highest BCUT2D eigenvalue weighted by atomic mass is 32.2. The number of nitrogens with one attached hydrogen (secondary N) is 4. The maximum Gasteiger partial charge on any atom is 0.491 e. The van der Waals surface area contributed by atoms with Crippen molar-refractivity contribution in [2.45, 2.75) is 42.8 Å². The maximum atomic E-state index is 13.3. The van der Waals surface area contributed by atoms with Gasteiger partial charge in [-0.15, -0.1) is 0 Å². The molecule has 1 fully saturated rings. The number of fused-ring (bicyclic) bond motifs is 1. The number of hydrogen-bond acceptors (Lipinski definition) is 10. The van der Waals surface area contributed by atoms with Crippen LogP contribution in [-0.2, 0) is 42.0 Å². The Morgan fingerprint density at radius 3 is 2.31 bits per heavy atom. The number of sulfonamides is 1. The minimum atomic E-state index is -5.30. The Labute approximate surface area is 270 Å². The average Bonchev–Trinajstić information content (AvgIpc) is 3.60. The molecule has 0 saturated carbocycles. The smallest absolute Gasteiger partial charge is 0.467 e. The van der Waals surface area contributed by atoms with Gasteiger partial charge in [0.15, 0.2) is 5.52 Å². The lowest BCUT2D eigenvalue weighted by atomic mass is 10.0. The first-order valence-electron chi connectivity index (χ1n) is 14.2. The molecule has 18 heteroatoms. The molecule has 1 saturated heterocycles. The zero-order chi connectivity index (χ0) is 34.6. The number of H-pyrrole nitrogens is 1. The quantitative estimate of drug-likeness (QED) is 0.180. The van der Waals surface area contributed by atoms with E-state index >= 15 is 0 Å². The molecule has 0 radical (unpaired) electrons. The fraction of sp³-hybridized carbons (Fsp3) is 0.267. The van der Waals surface area contributed by atoms with Gasteiger partial charge in [-0.25, -0.2) is 32.8 Å². The number of urea groups is 1. The second kappa shape index (κ2) is 13.7. The van der Waals surface area contributed by atoms with Gasteiger partial charge in [0.05, 0.1) is 25.1 Å². The van der Waals surface area contributed by atoms with Gasteiger partial charge in [-0.05, 0) is 29.2 Å². The summed E-state index contributed by atoms with van der Waals surface area (Å²) in [7, 11) is -2.73. The lowest BCUT2D eigenvalue weighted by molar-refractivity contribution is -0.189. The van der Waals surface area contributed by atoms with Crippen molar-refractivity contribution in [1.29, 1.82) is 0 Å². The van der Waals surface area contributed by atoms with Crippen molar-refractivity contribution < 1.29 is 50.2 Å². The molecule has 0 bridgehead atoms. The first-order chi connectivity index (χ1) is 22.7. The molecule has 3 heterocycles. The summed E-state index contributed by atoms with van der Waals surface area (Å²) in [5.74, 6) is -4.56. The van der Waals surface area contributed by atoms with Gasteiger partial charge in [0, 0.05) is 12.6 Å². The molecule has 14 nitrogen and oxygen atoms in total. The Bertz CT molecular complexity index is 1950. The predicted octanol–water partition coefficient (Wildman–Crippen LogP) is 2.68. The van der Waals surface area contributed by atoms with Crippen LogP contribution >= 0.6 is 0 Å². The summed E-state index contributed by atoms with van der Waals surface area (Å²) in [4.78, 5) is 59.9. The van der Waals surface area contributed by atoms with Gasteiger partial charge >= 0.3 is 24.1 Å². The van der Waals surface area contributed by atoms with Crippen LogP contribution in [0.25, 0.3) is 11.0 Å². The summed E-state index contributed by atoms with van der Waals surface area (Å²) in [5, 5.41) is 4.19. The minimum absolute atomic E-state index is 0.00516. The lowest BCUT2D eigenvalue weighted by Crippen LogP contribution is -2.48. The second-order valence-electron chi connectivity index (χ2n) is 10.7. The predicted molar refractivity (Wildman–Crippen MR) is 161 cm³/mol. The summed E-state index contributed by atoms with van der Waals surface area (Å²) < 4.78 is 74.6. The van der Waals surface area contributed by atoms with Crippen molar-refractivity contribution >= 4 is 44.9 Å². The van der Waals surface area contributed by atoms with E-state index in [2.05, 4.69) is 30.3 Å². The van der Waals surface area contributed by atoms with Gasteiger partial charge in [0.2, 0.25) is 15.9 Å². The number of methoxy groups -OCH3 is 1. The molecule has 3 amide bonds. The average molecular weight is 689 g/mol. The largest absolute Gasteiger partial charge is 0.491 e. The van der Waals surface area contributed by atoms with Crippen LogP contribution in [0, 0.1) is 0 Å². The number of nitrogens with zero attached hydrogens (tertiary/aromatic N) is 2. The van der Waals surface area contributed by atoms with E-state index < -0.39 is 63.3 Å². The molecular formula is C30H27F3N6O8S. The number of pyridine rings is 1. The van der Waals surface area contributed by atoms with Gasteiger partial charge in [-0.2, -0.15) is 13.2 Å². The summed E-state index contributed by atoms with van der Waals surface area (Å²) in [6.07, 6.45) is -4.36. The lowest BCUT2D eigenvalue weighted by Gasteiger charge is -2.21. The van der Waals surface area contributed by atoms with E-state index in [-0.39, 0.29) is 36.1 Å². The Hall–Kier alpha value is -5.52. The van der Waals surface area contributed by atoms with Gasteiger partial charge in [0.25, 0.3) is 5.88 Å². The Balaban J connectivity index is 1.44. The molecule has 1 aliphatic rings. The van der Waals surface area contributed by atoms with E-state index in [9.17, 15) is 40.8 Å². The number of benzene rings is 2. The number of amides is 3. The van der Waals surface area contributed by atoms with Gasteiger partial charge < -0.3 is 25.1 Å². The number of carbonyl (C=O) groups is 4. The number of carbonyl (C=O) groups excluding carboxylic acids is 4. The van der Waals surface area contributed by atoms with E-state index in [1.54, 1.807) is 42.5 Å². The van der Waals surface area contributed by atoms with Crippen molar-refractivity contribution in [2.75, 3.05) is 7.11 Å². The molecule has 4 aromatic rings. The first kappa shape index (κ1) is 33.8. The molecule has 48 heavy (non-hydrogen) atoms. The standard InChI is InChI=1S/C30H27F3N6O8S/c1-46-27(41)21(14-16-5-3-2-4-6-16)37-29(43)36-20(13-17-7-9-18(10-8-17)22-15-23(40)39-48(22,44)45)25-35-19-11-12-34-26(24(19)38-25)47-28(42)30(31,32)33/h2-12,20-22H,13-15H2,1H3,(H,35,38)(H,39,40)(H2,36,37,43)/t20?,21-,22?/m1/s1. The van der Waals surface area contributed by atoms with Crippen molar-refractivity contribution in [3.63, 3.8) is 0 Å². The number of alkyl halides is 3. The number of ether oxygens (including phenoxy) is 2. The number of rotatable bonds is 10. The van der Waals surface area contributed by atoms with Crippen LogP contribution in [-0.4, -0.2) is 66.6 Å². The Kier molecular flexibility index (Phi) is 9.64. The molecule has 4 N–H and O–H groups in total. The molecule has 1 aliphatic heterocycles. The van der Waals surface area contributed by atoms with Gasteiger partial charge in [0.1, 0.15) is 17.1 Å². The first-order valence-corrected chi connectivity index (χ1v) is 15.7. The third-order valence-corrected chi connectivity index (χ3v) is 9.01. The number of aromatic nitrogens is 3. The van der Waals surface area contributed by atoms with Crippen LogP contribution in [0.1, 0.15) is 40.2 Å². The molecule has 5 rings (SSSR count). The summed E-state index contributed by atoms with van der Waals surface area (Å²) >= 11 is 0. The number of hydrogen-bond donors (Lipinski definition) is 4. The van der Waals surface area contributed by atoms with Crippen molar-refractivity contribution in [3.05, 3.63) is 89.4 Å². The molecule has 2 unspecified atom stereocenters. The zero-order valence-electron chi connectivity index (χ0n) is 24.9. The number of esters is 2. The molecule has 3 atom stereocenters. The molecule has 2 aromatic heterocycles. The van der Waals surface area contributed by atoms with Crippen molar-refractivity contribution in [3.8, 4) is 5.88 Å². The van der Waals surface area contributed by atoms with Crippen LogP contribution in [0.5, 0.6) is 5.88 Å². The Morgan fingerprint density at radius 1 is 1.00 bits per heavy atom.